The van der Waals surface area contributed by atoms with Gasteiger partial charge in [-0.2, -0.15) is 0 Å². The number of nitrogens with two attached hydrogens (primary N) is 1. The van der Waals surface area contributed by atoms with Crippen LogP contribution in [0.5, 0.6) is 0 Å². The van der Waals surface area contributed by atoms with Crippen molar-refractivity contribution in [1.29, 1.82) is 0 Å². The van der Waals surface area contributed by atoms with Gasteiger partial charge in [-0.25, -0.2) is 0 Å². The maximum atomic E-state index is 12.1. The third-order valence-electron chi connectivity index (χ3n) is 2.62. The van der Waals surface area contributed by atoms with Gasteiger partial charge in [-0.15, -0.1) is 0 Å². The summed E-state index contributed by atoms with van der Waals surface area (Å²) in [5, 5.41) is 2.48. The summed E-state index contributed by atoms with van der Waals surface area (Å²) >= 11 is 0. The van der Waals surface area contributed by atoms with Crippen molar-refractivity contribution in [1.82, 2.24) is 15.2 Å². The Morgan fingerprint density at radius 3 is 2.68 bits per heavy atom. The number of amides is 2. The Balaban J connectivity index is 2.62. The van der Waals surface area contributed by atoms with Gasteiger partial charge in [-0.05, 0) is 26.0 Å². The average molecular weight is 264 g/mol. The summed E-state index contributed by atoms with van der Waals surface area (Å²) in [5.74, 6) is -0.489. The number of aromatic nitrogens is 1. The number of carbonyl (C=O) groups excluding carboxylic acids is 2. The minimum atomic E-state index is -0.338. The fraction of sp³-hybridized carbons (Fsp3) is 0.462. The van der Waals surface area contributed by atoms with Crippen LogP contribution in [0.25, 0.3) is 0 Å². The zero-order valence-corrected chi connectivity index (χ0v) is 11.3. The number of hydrogen-bond donors (Lipinski definition) is 2. The van der Waals surface area contributed by atoms with E-state index >= 15 is 0 Å². The molecule has 0 unspecified atom stereocenters. The first kappa shape index (κ1) is 15.1. The van der Waals surface area contributed by atoms with Crippen LogP contribution in [0.2, 0.25) is 0 Å². The lowest BCUT2D eigenvalue weighted by molar-refractivity contribution is -0.134. The topological polar surface area (TPSA) is 88.3 Å². The van der Waals surface area contributed by atoms with E-state index in [0.29, 0.717) is 6.54 Å². The van der Waals surface area contributed by atoms with Crippen molar-refractivity contribution in [3.8, 4) is 0 Å². The fourth-order valence-electron chi connectivity index (χ4n) is 1.57. The zero-order valence-electron chi connectivity index (χ0n) is 11.3. The molecular formula is C13H20N4O2. The van der Waals surface area contributed by atoms with Crippen LogP contribution in [0.4, 0.5) is 0 Å². The third kappa shape index (κ3) is 5.05. The van der Waals surface area contributed by atoms with Gasteiger partial charge in [0.2, 0.25) is 11.8 Å². The van der Waals surface area contributed by atoms with Crippen LogP contribution in [0.1, 0.15) is 19.5 Å². The molecule has 0 fully saturated rings. The summed E-state index contributed by atoms with van der Waals surface area (Å²) in [6.45, 7) is 4.11. The number of carbonyl (C=O) groups is 2. The lowest BCUT2D eigenvalue weighted by Gasteiger charge is -2.26. The lowest BCUT2D eigenvalue weighted by Crippen LogP contribution is -2.44. The molecule has 0 saturated heterocycles. The van der Waals surface area contributed by atoms with Crippen LogP contribution in [-0.2, 0) is 16.1 Å². The number of nitrogens with zero attached hydrogens (tertiary/aromatic N) is 2. The molecule has 0 aliphatic heterocycles. The normalized spacial score (nSPS) is 10.3. The van der Waals surface area contributed by atoms with Gasteiger partial charge in [0.25, 0.3) is 0 Å². The molecule has 104 valence electrons. The molecule has 0 aliphatic rings. The second kappa shape index (κ2) is 7.48. The second-order valence-corrected chi connectivity index (χ2v) is 4.42. The van der Waals surface area contributed by atoms with E-state index in [0.717, 1.165) is 5.69 Å². The maximum absolute atomic E-state index is 12.1. The molecule has 6 heteroatoms. The van der Waals surface area contributed by atoms with Crippen LogP contribution in [0, 0.1) is 0 Å². The van der Waals surface area contributed by atoms with Crippen molar-refractivity contribution < 1.29 is 9.59 Å². The highest BCUT2D eigenvalue weighted by molar-refractivity contribution is 5.85. The van der Waals surface area contributed by atoms with Crippen LogP contribution >= 0.6 is 0 Å². The first-order chi connectivity index (χ1) is 9.04. The summed E-state index contributed by atoms with van der Waals surface area (Å²) in [6, 6.07) is 5.60. The standard InChI is InChI=1S/C13H20N4O2/c1-10(2)17(9-11-5-3-4-6-15-11)13(19)8-16-12(18)7-14/h3-6,10H,7-9,14H2,1-2H3,(H,16,18). The van der Waals surface area contributed by atoms with E-state index in [9.17, 15) is 9.59 Å². The molecular weight excluding hydrogens is 244 g/mol. The van der Waals surface area contributed by atoms with Crippen molar-refractivity contribution in [2.45, 2.75) is 26.4 Å². The number of nitrogens with one attached hydrogen (secondary N) is 1. The van der Waals surface area contributed by atoms with Crippen molar-refractivity contribution in [3.05, 3.63) is 30.1 Å². The van der Waals surface area contributed by atoms with Crippen molar-refractivity contribution in [2.75, 3.05) is 13.1 Å². The van der Waals surface area contributed by atoms with Crippen LogP contribution in [0.3, 0.4) is 0 Å². The molecule has 0 radical (unpaired) electrons. The highest BCUT2D eigenvalue weighted by atomic mass is 16.2. The number of rotatable bonds is 6. The molecule has 0 aromatic carbocycles. The Morgan fingerprint density at radius 2 is 2.16 bits per heavy atom. The third-order valence-corrected chi connectivity index (χ3v) is 2.62. The lowest BCUT2D eigenvalue weighted by atomic mass is 10.2. The minimum absolute atomic E-state index is 0.0317. The Bertz CT molecular complexity index is 420. The van der Waals surface area contributed by atoms with E-state index in [1.807, 2.05) is 32.0 Å². The smallest absolute Gasteiger partial charge is 0.242 e. The molecule has 1 aromatic heterocycles. The Hall–Kier alpha value is -1.95. The highest BCUT2D eigenvalue weighted by Crippen LogP contribution is 2.06. The Morgan fingerprint density at radius 1 is 1.42 bits per heavy atom. The molecule has 0 spiro atoms. The van der Waals surface area contributed by atoms with Gasteiger partial charge in [0, 0.05) is 12.2 Å². The highest BCUT2D eigenvalue weighted by Gasteiger charge is 2.18. The molecule has 3 N–H and O–H groups in total. The molecule has 0 aliphatic carbocycles. The number of pyridine rings is 1. The summed E-state index contributed by atoms with van der Waals surface area (Å²) in [5.41, 5.74) is 5.99. The number of hydrogen-bond acceptors (Lipinski definition) is 4. The zero-order chi connectivity index (χ0) is 14.3. The summed E-state index contributed by atoms with van der Waals surface area (Å²) < 4.78 is 0. The second-order valence-electron chi connectivity index (χ2n) is 4.42. The van der Waals surface area contributed by atoms with Crippen LogP contribution < -0.4 is 11.1 Å². The van der Waals surface area contributed by atoms with E-state index in [1.165, 1.54) is 0 Å². The predicted octanol–water partition coefficient (Wildman–Crippen LogP) is -0.106. The molecule has 0 saturated carbocycles. The summed E-state index contributed by atoms with van der Waals surface area (Å²) in [4.78, 5) is 29.0. The van der Waals surface area contributed by atoms with Gasteiger partial charge < -0.3 is 16.0 Å². The monoisotopic (exact) mass is 264 g/mol. The van der Waals surface area contributed by atoms with E-state index in [2.05, 4.69) is 10.3 Å². The largest absolute Gasteiger partial charge is 0.346 e. The average Bonchev–Trinajstić information content (AvgIpc) is 2.42. The molecule has 2 amide bonds. The Kier molecular flexibility index (Phi) is 5.95. The van der Waals surface area contributed by atoms with Gasteiger partial charge >= 0.3 is 0 Å². The van der Waals surface area contributed by atoms with Crippen molar-refractivity contribution in [3.63, 3.8) is 0 Å². The van der Waals surface area contributed by atoms with Gasteiger partial charge in [-0.1, -0.05) is 6.07 Å². The predicted molar refractivity (Wildman–Crippen MR) is 72.0 cm³/mol. The Labute approximate surface area is 113 Å². The molecule has 1 rings (SSSR count). The van der Waals surface area contributed by atoms with E-state index < -0.39 is 0 Å². The summed E-state index contributed by atoms with van der Waals surface area (Å²) in [7, 11) is 0. The SMILES string of the molecule is CC(C)N(Cc1ccccn1)C(=O)CNC(=O)CN. The van der Waals surface area contributed by atoms with Crippen molar-refractivity contribution >= 4 is 11.8 Å². The molecule has 6 nitrogen and oxygen atoms in total. The van der Waals surface area contributed by atoms with E-state index in [-0.39, 0.29) is 30.9 Å². The fourth-order valence-corrected chi connectivity index (χ4v) is 1.57. The van der Waals surface area contributed by atoms with Gasteiger partial charge in [-0.3, -0.25) is 14.6 Å². The van der Waals surface area contributed by atoms with Gasteiger partial charge in [0.15, 0.2) is 0 Å². The molecule has 0 atom stereocenters. The quantitative estimate of drug-likeness (QED) is 0.750. The van der Waals surface area contributed by atoms with Crippen molar-refractivity contribution in [2.24, 2.45) is 5.73 Å². The van der Waals surface area contributed by atoms with Gasteiger partial charge in [0.05, 0.1) is 25.3 Å². The van der Waals surface area contributed by atoms with Crippen LogP contribution in [-0.4, -0.2) is 40.8 Å². The first-order valence-electron chi connectivity index (χ1n) is 6.20. The first-order valence-corrected chi connectivity index (χ1v) is 6.20. The minimum Gasteiger partial charge on any atom is -0.346 e. The molecule has 19 heavy (non-hydrogen) atoms. The molecule has 0 bridgehead atoms. The molecule has 1 heterocycles. The van der Waals surface area contributed by atoms with Crippen LogP contribution in [0.15, 0.2) is 24.4 Å². The maximum Gasteiger partial charge on any atom is 0.242 e. The van der Waals surface area contributed by atoms with Gasteiger partial charge in [0.1, 0.15) is 0 Å². The van der Waals surface area contributed by atoms with E-state index in [4.69, 9.17) is 5.73 Å². The molecule has 1 aromatic rings. The van der Waals surface area contributed by atoms with E-state index in [1.54, 1.807) is 11.1 Å². The summed E-state index contributed by atoms with van der Waals surface area (Å²) in [6.07, 6.45) is 1.69.